The fourth-order valence-electron chi connectivity index (χ4n) is 2.77. The number of carboxylic acid groups (broad SMARTS) is 1. The number of hydrogen-bond acceptors (Lipinski definition) is 4. The van der Waals surface area contributed by atoms with E-state index in [2.05, 4.69) is 0 Å². The second kappa shape index (κ2) is 5.88. The second-order valence-electron chi connectivity index (χ2n) is 5.72. The maximum absolute atomic E-state index is 12.0. The highest BCUT2D eigenvalue weighted by Gasteiger charge is 2.41. The fourth-order valence-corrected chi connectivity index (χ4v) is 2.77. The number of aliphatic carboxylic acids is 1. The van der Waals surface area contributed by atoms with Crippen LogP contribution in [0.3, 0.4) is 0 Å². The van der Waals surface area contributed by atoms with Gasteiger partial charge in [0.25, 0.3) is 0 Å². The van der Waals surface area contributed by atoms with E-state index in [1.807, 2.05) is 16.7 Å². The molecule has 2 saturated heterocycles. The third-order valence-corrected chi connectivity index (χ3v) is 3.73. The molecule has 108 valence electrons. The zero-order valence-electron chi connectivity index (χ0n) is 11.4. The van der Waals surface area contributed by atoms with Gasteiger partial charge in [0.15, 0.2) is 0 Å². The summed E-state index contributed by atoms with van der Waals surface area (Å²) in [4.78, 5) is 26.4. The van der Waals surface area contributed by atoms with Crippen LogP contribution in [0.15, 0.2) is 0 Å². The predicted molar refractivity (Wildman–Crippen MR) is 68.9 cm³/mol. The molecule has 0 atom stereocenters. The van der Waals surface area contributed by atoms with E-state index in [1.165, 1.54) is 6.42 Å². The topological polar surface area (TPSA) is 70.1 Å². The molecule has 0 aliphatic carbocycles. The zero-order valence-corrected chi connectivity index (χ0v) is 11.4. The molecule has 6 heteroatoms. The molecule has 6 nitrogen and oxygen atoms in total. The van der Waals surface area contributed by atoms with Gasteiger partial charge in [0.05, 0.1) is 12.1 Å². The van der Waals surface area contributed by atoms with E-state index < -0.39 is 11.6 Å². The van der Waals surface area contributed by atoms with Crippen molar-refractivity contribution in [3.8, 4) is 0 Å². The summed E-state index contributed by atoms with van der Waals surface area (Å²) in [5.41, 5.74) is -0.416. The largest absolute Gasteiger partial charge is 0.480 e. The SMILES string of the molecule is CC1(OCC(=O)O)CN(CC(=O)N2CCCCC2)C1. The Morgan fingerprint density at radius 1 is 1.21 bits per heavy atom. The van der Waals surface area contributed by atoms with Crippen LogP contribution in [0.1, 0.15) is 26.2 Å². The number of ether oxygens (including phenoxy) is 1. The number of likely N-dealkylation sites (tertiary alicyclic amines) is 2. The first-order chi connectivity index (χ1) is 8.98. The minimum atomic E-state index is -0.955. The van der Waals surface area contributed by atoms with Gasteiger partial charge in [-0.05, 0) is 26.2 Å². The highest BCUT2D eigenvalue weighted by Crippen LogP contribution is 2.24. The molecule has 0 bridgehead atoms. The molecule has 1 N–H and O–H groups in total. The molecule has 0 spiro atoms. The third-order valence-electron chi connectivity index (χ3n) is 3.73. The van der Waals surface area contributed by atoms with Gasteiger partial charge in [-0.25, -0.2) is 4.79 Å². The van der Waals surface area contributed by atoms with Gasteiger partial charge in [-0.1, -0.05) is 0 Å². The summed E-state index contributed by atoms with van der Waals surface area (Å²) in [5.74, 6) is -0.774. The van der Waals surface area contributed by atoms with Crippen LogP contribution in [0.4, 0.5) is 0 Å². The fraction of sp³-hybridized carbons (Fsp3) is 0.846. The summed E-state index contributed by atoms with van der Waals surface area (Å²) in [7, 11) is 0. The zero-order chi connectivity index (χ0) is 13.9. The van der Waals surface area contributed by atoms with Gasteiger partial charge in [0, 0.05) is 26.2 Å². The Balaban J connectivity index is 1.68. The van der Waals surface area contributed by atoms with Gasteiger partial charge in [0.1, 0.15) is 6.61 Å². The molecular formula is C13H22N2O4. The van der Waals surface area contributed by atoms with E-state index in [9.17, 15) is 9.59 Å². The molecule has 2 aliphatic rings. The maximum atomic E-state index is 12.0. The van der Waals surface area contributed by atoms with Crippen molar-refractivity contribution in [1.82, 2.24) is 9.80 Å². The highest BCUT2D eigenvalue weighted by molar-refractivity contribution is 5.78. The number of carbonyl (C=O) groups is 2. The summed E-state index contributed by atoms with van der Waals surface area (Å²) < 4.78 is 5.32. The van der Waals surface area contributed by atoms with E-state index in [1.54, 1.807) is 0 Å². The summed E-state index contributed by atoms with van der Waals surface area (Å²) in [6.45, 7) is 5.03. The lowest BCUT2D eigenvalue weighted by Crippen LogP contribution is -2.63. The summed E-state index contributed by atoms with van der Waals surface area (Å²) in [6, 6.07) is 0. The van der Waals surface area contributed by atoms with Crippen LogP contribution >= 0.6 is 0 Å². The van der Waals surface area contributed by atoms with Gasteiger partial charge >= 0.3 is 5.97 Å². The first kappa shape index (κ1) is 14.3. The lowest BCUT2D eigenvalue weighted by molar-refractivity contribution is -0.168. The number of carboxylic acids is 1. The first-order valence-corrected chi connectivity index (χ1v) is 6.84. The molecule has 2 heterocycles. The minimum absolute atomic E-state index is 0.181. The monoisotopic (exact) mass is 270 g/mol. The Morgan fingerprint density at radius 3 is 2.42 bits per heavy atom. The lowest BCUT2D eigenvalue weighted by atomic mass is 9.96. The summed E-state index contributed by atoms with van der Waals surface area (Å²) >= 11 is 0. The van der Waals surface area contributed by atoms with Crippen molar-refractivity contribution in [2.75, 3.05) is 39.3 Å². The molecule has 2 fully saturated rings. The Morgan fingerprint density at radius 2 is 1.84 bits per heavy atom. The van der Waals surface area contributed by atoms with Crippen molar-refractivity contribution in [3.63, 3.8) is 0 Å². The molecule has 0 aromatic rings. The van der Waals surface area contributed by atoms with Gasteiger partial charge < -0.3 is 14.7 Å². The Labute approximate surface area is 113 Å². The molecule has 0 aromatic heterocycles. The van der Waals surface area contributed by atoms with Crippen LogP contribution in [0.2, 0.25) is 0 Å². The average Bonchev–Trinajstić information content (AvgIpc) is 2.35. The second-order valence-corrected chi connectivity index (χ2v) is 5.72. The van der Waals surface area contributed by atoms with E-state index in [0.717, 1.165) is 25.9 Å². The van der Waals surface area contributed by atoms with E-state index in [0.29, 0.717) is 19.6 Å². The van der Waals surface area contributed by atoms with Crippen LogP contribution in [-0.2, 0) is 14.3 Å². The number of carbonyl (C=O) groups excluding carboxylic acids is 1. The smallest absolute Gasteiger partial charge is 0.329 e. The molecule has 0 radical (unpaired) electrons. The van der Waals surface area contributed by atoms with Gasteiger partial charge in [-0.15, -0.1) is 0 Å². The standard InChI is InChI=1S/C13H22N2O4/c1-13(19-8-12(17)18)9-14(10-13)7-11(16)15-5-3-2-4-6-15/h2-10H2,1H3,(H,17,18). The highest BCUT2D eigenvalue weighted by atomic mass is 16.5. The van der Waals surface area contributed by atoms with Crippen molar-refractivity contribution in [2.45, 2.75) is 31.8 Å². The molecule has 1 amide bonds. The van der Waals surface area contributed by atoms with E-state index in [4.69, 9.17) is 9.84 Å². The summed E-state index contributed by atoms with van der Waals surface area (Å²) in [6.07, 6.45) is 3.42. The molecular weight excluding hydrogens is 248 g/mol. The van der Waals surface area contributed by atoms with Crippen molar-refractivity contribution in [1.29, 1.82) is 0 Å². The van der Waals surface area contributed by atoms with Crippen LogP contribution in [0.5, 0.6) is 0 Å². The normalized spacial score (nSPS) is 22.9. The van der Waals surface area contributed by atoms with Crippen LogP contribution < -0.4 is 0 Å². The van der Waals surface area contributed by atoms with Crippen molar-refractivity contribution in [3.05, 3.63) is 0 Å². The Bertz CT molecular complexity index is 347. The van der Waals surface area contributed by atoms with Gasteiger partial charge in [0.2, 0.25) is 5.91 Å². The molecule has 0 aromatic carbocycles. The van der Waals surface area contributed by atoms with E-state index >= 15 is 0 Å². The van der Waals surface area contributed by atoms with Crippen molar-refractivity contribution in [2.24, 2.45) is 0 Å². The number of amides is 1. The van der Waals surface area contributed by atoms with Crippen LogP contribution in [0, 0.1) is 0 Å². The van der Waals surface area contributed by atoms with Crippen molar-refractivity contribution >= 4 is 11.9 Å². The maximum Gasteiger partial charge on any atom is 0.329 e. The third kappa shape index (κ3) is 3.91. The van der Waals surface area contributed by atoms with Gasteiger partial charge in [-0.3, -0.25) is 9.69 Å². The number of hydrogen-bond donors (Lipinski definition) is 1. The number of nitrogens with zero attached hydrogens (tertiary/aromatic N) is 2. The van der Waals surface area contributed by atoms with Crippen LogP contribution in [0.25, 0.3) is 0 Å². The van der Waals surface area contributed by atoms with Crippen LogP contribution in [-0.4, -0.2) is 71.7 Å². The molecule has 19 heavy (non-hydrogen) atoms. The predicted octanol–water partition coefficient (Wildman–Crippen LogP) is 0.174. The van der Waals surface area contributed by atoms with Crippen molar-refractivity contribution < 1.29 is 19.4 Å². The first-order valence-electron chi connectivity index (χ1n) is 6.84. The lowest BCUT2D eigenvalue weighted by Gasteiger charge is -2.47. The molecule has 0 saturated carbocycles. The average molecular weight is 270 g/mol. The molecule has 0 unspecified atom stereocenters. The van der Waals surface area contributed by atoms with Gasteiger partial charge in [-0.2, -0.15) is 0 Å². The minimum Gasteiger partial charge on any atom is -0.480 e. The number of rotatable bonds is 5. The summed E-state index contributed by atoms with van der Waals surface area (Å²) in [5, 5.41) is 8.58. The number of piperidine rings is 1. The molecule has 2 aliphatic heterocycles. The quantitative estimate of drug-likeness (QED) is 0.771. The Hall–Kier alpha value is -1.14. The Kier molecular flexibility index (Phi) is 4.42. The molecule has 2 rings (SSSR count). The van der Waals surface area contributed by atoms with E-state index in [-0.39, 0.29) is 12.5 Å².